The van der Waals surface area contributed by atoms with Crippen molar-refractivity contribution in [2.24, 2.45) is 10.9 Å². The molecule has 0 aliphatic carbocycles. The standard InChI is InChI=1S/C22H29N/c1-9-19(14-23-17(6)7)18(8)22(16(4)5)21-13-11-10-12-20(21)15(2)3/h9-14,18,22H,2,4,6H2,1,3,5,7-8H3/b19-9+,23-14?. The Hall–Kier alpha value is -2.15. The smallest absolute Gasteiger partial charge is 0.0302 e. The molecule has 0 fully saturated rings. The topological polar surface area (TPSA) is 12.4 Å². The molecule has 2 atom stereocenters. The van der Waals surface area contributed by atoms with Gasteiger partial charge in [-0.2, -0.15) is 0 Å². The highest BCUT2D eigenvalue weighted by Gasteiger charge is 2.24. The monoisotopic (exact) mass is 307 g/mol. The first kappa shape index (κ1) is 18.9. The summed E-state index contributed by atoms with van der Waals surface area (Å²) in [6, 6.07) is 8.47. The Bertz CT molecular complexity index is 658. The highest BCUT2D eigenvalue weighted by molar-refractivity contribution is 5.80. The second-order valence-corrected chi connectivity index (χ2v) is 6.26. The van der Waals surface area contributed by atoms with Gasteiger partial charge in [-0.05, 0) is 50.3 Å². The van der Waals surface area contributed by atoms with Gasteiger partial charge in [0.2, 0.25) is 0 Å². The molecular formula is C22H29N. The first-order valence-electron chi connectivity index (χ1n) is 8.05. The van der Waals surface area contributed by atoms with E-state index in [2.05, 4.69) is 82.8 Å². The summed E-state index contributed by atoms with van der Waals surface area (Å²) in [5.74, 6) is 0.506. The molecule has 0 aliphatic heterocycles. The van der Waals surface area contributed by atoms with Gasteiger partial charge >= 0.3 is 0 Å². The van der Waals surface area contributed by atoms with Crippen molar-refractivity contribution >= 4 is 11.8 Å². The van der Waals surface area contributed by atoms with Gasteiger partial charge in [0.05, 0.1) is 0 Å². The maximum Gasteiger partial charge on any atom is 0.0302 e. The van der Waals surface area contributed by atoms with Gasteiger partial charge in [-0.3, -0.25) is 4.99 Å². The van der Waals surface area contributed by atoms with Crippen LogP contribution in [0, 0.1) is 5.92 Å². The molecule has 1 nitrogen and oxygen atoms in total. The molecule has 0 spiro atoms. The van der Waals surface area contributed by atoms with Gasteiger partial charge in [-0.25, -0.2) is 0 Å². The first-order chi connectivity index (χ1) is 10.8. The fourth-order valence-corrected chi connectivity index (χ4v) is 2.95. The van der Waals surface area contributed by atoms with Crippen LogP contribution in [0.15, 0.2) is 71.9 Å². The van der Waals surface area contributed by atoms with Gasteiger partial charge in [-0.15, -0.1) is 0 Å². The van der Waals surface area contributed by atoms with E-state index < -0.39 is 0 Å². The summed E-state index contributed by atoms with van der Waals surface area (Å²) in [7, 11) is 0. The van der Waals surface area contributed by atoms with Crippen molar-refractivity contribution in [1.29, 1.82) is 0 Å². The number of hydrogen-bond acceptors (Lipinski definition) is 1. The van der Waals surface area contributed by atoms with E-state index in [1.54, 1.807) is 0 Å². The van der Waals surface area contributed by atoms with E-state index >= 15 is 0 Å². The fourth-order valence-electron chi connectivity index (χ4n) is 2.95. The highest BCUT2D eigenvalue weighted by Crippen LogP contribution is 2.38. The lowest BCUT2D eigenvalue weighted by atomic mass is 9.76. The van der Waals surface area contributed by atoms with Crippen molar-refractivity contribution in [3.05, 3.63) is 78.0 Å². The minimum atomic E-state index is 0.227. The molecule has 0 aromatic heterocycles. The lowest BCUT2D eigenvalue weighted by Crippen LogP contribution is -2.15. The van der Waals surface area contributed by atoms with E-state index in [1.807, 2.05) is 13.1 Å². The number of rotatable bonds is 7. The maximum absolute atomic E-state index is 4.37. The molecule has 2 unspecified atom stereocenters. The summed E-state index contributed by atoms with van der Waals surface area (Å²) < 4.78 is 0. The van der Waals surface area contributed by atoms with E-state index in [0.717, 1.165) is 16.8 Å². The lowest BCUT2D eigenvalue weighted by molar-refractivity contribution is 0.599. The molecule has 1 aromatic carbocycles. The van der Waals surface area contributed by atoms with Crippen LogP contribution in [-0.4, -0.2) is 6.21 Å². The summed E-state index contributed by atoms with van der Waals surface area (Å²) in [4.78, 5) is 4.37. The Morgan fingerprint density at radius 1 is 1.09 bits per heavy atom. The van der Waals surface area contributed by atoms with Crippen molar-refractivity contribution in [2.75, 3.05) is 0 Å². The predicted octanol–water partition coefficient (Wildman–Crippen LogP) is 6.57. The Morgan fingerprint density at radius 2 is 1.70 bits per heavy atom. The van der Waals surface area contributed by atoms with Crippen LogP contribution in [0.5, 0.6) is 0 Å². The van der Waals surface area contributed by atoms with Crippen molar-refractivity contribution in [3.8, 4) is 0 Å². The van der Waals surface area contributed by atoms with Crippen LogP contribution >= 0.6 is 0 Å². The van der Waals surface area contributed by atoms with Crippen molar-refractivity contribution < 1.29 is 0 Å². The fraction of sp³-hybridized carbons (Fsp3) is 0.318. The third kappa shape index (κ3) is 4.92. The van der Waals surface area contributed by atoms with Gasteiger partial charge in [0, 0.05) is 17.8 Å². The average molecular weight is 307 g/mol. The molecule has 1 heteroatoms. The zero-order chi connectivity index (χ0) is 17.6. The van der Waals surface area contributed by atoms with E-state index in [0.29, 0.717) is 0 Å². The number of aliphatic imine (C=N–C) groups is 1. The number of benzene rings is 1. The van der Waals surface area contributed by atoms with Crippen LogP contribution in [0.3, 0.4) is 0 Å². The van der Waals surface area contributed by atoms with Gasteiger partial charge in [0.1, 0.15) is 0 Å². The third-order valence-corrected chi connectivity index (χ3v) is 4.08. The molecule has 0 heterocycles. The van der Waals surface area contributed by atoms with Crippen LogP contribution in [0.4, 0.5) is 0 Å². The zero-order valence-electron chi connectivity index (χ0n) is 15.2. The number of hydrogen-bond donors (Lipinski definition) is 0. The van der Waals surface area contributed by atoms with Crippen LogP contribution in [-0.2, 0) is 0 Å². The lowest BCUT2D eigenvalue weighted by Gasteiger charge is -2.28. The molecule has 0 aliphatic rings. The molecular weight excluding hydrogens is 278 g/mol. The molecule has 23 heavy (non-hydrogen) atoms. The van der Waals surface area contributed by atoms with E-state index in [4.69, 9.17) is 0 Å². The van der Waals surface area contributed by atoms with Crippen LogP contribution in [0.1, 0.15) is 51.7 Å². The van der Waals surface area contributed by atoms with Crippen molar-refractivity contribution in [3.63, 3.8) is 0 Å². The van der Waals surface area contributed by atoms with Crippen LogP contribution in [0.25, 0.3) is 5.57 Å². The number of allylic oxidation sites excluding steroid dienone is 5. The zero-order valence-corrected chi connectivity index (χ0v) is 15.2. The van der Waals surface area contributed by atoms with Gasteiger partial charge < -0.3 is 0 Å². The highest BCUT2D eigenvalue weighted by atomic mass is 14.7. The second-order valence-electron chi connectivity index (χ2n) is 6.26. The molecule has 0 amide bonds. The summed E-state index contributed by atoms with van der Waals surface area (Å²) in [6.45, 7) is 22.6. The normalized spacial score (nSPS) is 14.6. The summed E-state index contributed by atoms with van der Waals surface area (Å²) in [6.07, 6.45) is 4.04. The molecule has 0 radical (unpaired) electrons. The van der Waals surface area contributed by atoms with Gasteiger partial charge in [0.25, 0.3) is 0 Å². The van der Waals surface area contributed by atoms with Gasteiger partial charge in [-0.1, -0.05) is 68.1 Å². The molecule has 0 saturated carbocycles. The second kappa shape index (κ2) is 8.47. The van der Waals surface area contributed by atoms with E-state index in [-0.39, 0.29) is 11.8 Å². The maximum atomic E-state index is 4.37. The summed E-state index contributed by atoms with van der Waals surface area (Å²) >= 11 is 0. The Labute approximate surface area is 141 Å². The van der Waals surface area contributed by atoms with Crippen LogP contribution in [0.2, 0.25) is 0 Å². The number of nitrogens with zero attached hydrogens (tertiary/aromatic N) is 1. The molecule has 0 N–H and O–H groups in total. The first-order valence-corrected chi connectivity index (χ1v) is 8.05. The predicted molar refractivity (Wildman–Crippen MR) is 105 cm³/mol. The Morgan fingerprint density at radius 3 is 2.17 bits per heavy atom. The molecule has 0 saturated heterocycles. The van der Waals surface area contributed by atoms with Gasteiger partial charge in [0.15, 0.2) is 0 Å². The molecule has 122 valence electrons. The molecule has 1 rings (SSSR count). The third-order valence-electron chi connectivity index (χ3n) is 4.08. The largest absolute Gasteiger partial charge is 0.262 e. The molecule has 1 aromatic rings. The Balaban J connectivity index is 3.35. The van der Waals surface area contributed by atoms with E-state index in [9.17, 15) is 0 Å². The van der Waals surface area contributed by atoms with Crippen molar-refractivity contribution in [2.45, 2.75) is 40.5 Å². The summed E-state index contributed by atoms with van der Waals surface area (Å²) in [5.41, 5.74) is 6.72. The van der Waals surface area contributed by atoms with Crippen molar-refractivity contribution in [1.82, 2.24) is 0 Å². The summed E-state index contributed by atoms with van der Waals surface area (Å²) in [5, 5.41) is 0. The van der Waals surface area contributed by atoms with Crippen LogP contribution < -0.4 is 0 Å². The quantitative estimate of drug-likeness (QED) is 0.399. The average Bonchev–Trinajstić information content (AvgIpc) is 2.47. The minimum absolute atomic E-state index is 0.227. The Kier molecular flexibility index (Phi) is 6.96. The SMILES string of the molecule is C=C(C)N=C/C(=C\C)C(C)C(C(=C)C)c1ccccc1C(=C)C. The molecule has 0 bridgehead atoms. The van der Waals surface area contributed by atoms with E-state index in [1.165, 1.54) is 16.7 Å². The minimum Gasteiger partial charge on any atom is -0.262 e.